The largest absolute Gasteiger partial charge is 0.383 e. The number of hydrogen-bond donors (Lipinski definition) is 1. The Bertz CT molecular complexity index is 785. The highest BCUT2D eigenvalue weighted by molar-refractivity contribution is 6.04. The van der Waals surface area contributed by atoms with Gasteiger partial charge < -0.3 is 9.64 Å². The average Bonchev–Trinajstić information content (AvgIpc) is 3.03. The third kappa shape index (κ3) is 3.37. The molecule has 1 N–H and O–H groups in total. The summed E-state index contributed by atoms with van der Waals surface area (Å²) in [5.41, 5.74) is 2.10. The Morgan fingerprint density at radius 1 is 1.22 bits per heavy atom. The van der Waals surface area contributed by atoms with Crippen LogP contribution in [0.4, 0.5) is 0 Å². The molecule has 0 radical (unpaired) electrons. The van der Waals surface area contributed by atoms with Crippen molar-refractivity contribution in [3.8, 4) is 0 Å². The second-order valence-corrected chi connectivity index (χ2v) is 5.16. The summed E-state index contributed by atoms with van der Waals surface area (Å²) in [4.78, 5) is 18.9. The Morgan fingerprint density at radius 3 is 2.83 bits per heavy atom. The number of pyridine rings is 1. The van der Waals surface area contributed by atoms with E-state index in [1.54, 1.807) is 18.2 Å². The summed E-state index contributed by atoms with van der Waals surface area (Å²) in [6, 6.07) is 13.3. The summed E-state index contributed by atoms with van der Waals surface area (Å²) in [5, 5.41) is 7.91. The number of ether oxygens (including phenoxy) is 1. The predicted molar refractivity (Wildman–Crippen MR) is 86.9 cm³/mol. The normalized spacial score (nSPS) is 10.8. The lowest BCUT2D eigenvalue weighted by Gasteiger charge is -2.21. The molecule has 0 saturated heterocycles. The van der Waals surface area contributed by atoms with Crippen molar-refractivity contribution in [1.29, 1.82) is 0 Å². The van der Waals surface area contributed by atoms with E-state index >= 15 is 0 Å². The van der Waals surface area contributed by atoms with Crippen LogP contribution in [0.25, 0.3) is 10.9 Å². The molecule has 6 nitrogen and oxygen atoms in total. The second kappa shape index (κ2) is 7.02. The van der Waals surface area contributed by atoms with Crippen LogP contribution in [0.3, 0.4) is 0 Å². The van der Waals surface area contributed by atoms with Crippen LogP contribution in [0.1, 0.15) is 16.2 Å². The molecule has 23 heavy (non-hydrogen) atoms. The third-order valence-electron chi connectivity index (χ3n) is 3.60. The number of methoxy groups -OCH3 is 1. The molecule has 1 aromatic carbocycles. The number of rotatable bonds is 6. The fourth-order valence-electron chi connectivity index (χ4n) is 2.42. The van der Waals surface area contributed by atoms with Crippen LogP contribution in [0.5, 0.6) is 0 Å². The monoisotopic (exact) mass is 310 g/mol. The van der Waals surface area contributed by atoms with Gasteiger partial charge in [-0.1, -0.05) is 24.3 Å². The number of amides is 1. The van der Waals surface area contributed by atoms with Crippen LogP contribution in [-0.4, -0.2) is 46.2 Å². The van der Waals surface area contributed by atoms with E-state index in [1.165, 1.54) is 0 Å². The molecule has 118 valence electrons. The molecule has 2 heterocycles. The summed E-state index contributed by atoms with van der Waals surface area (Å²) < 4.78 is 5.12. The van der Waals surface area contributed by atoms with Crippen molar-refractivity contribution in [2.45, 2.75) is 6.54 Å². The van der Waals surface area contributed by atoms with Gasteiger partial charge in [-0.2, -0.15) is 5.10 Å². The molecule has 0 unspecified atom stereocenters. The maximum Gasteiger partial charge on any atom is 0.275 e. The van der Waals surface area contributed by atoms with Crippen LogP contribution >= 0.6 is 0 Å². The smallest absolute Gasteiger partial charge is 0.275 e. The zero-order chi connectivity index (χ0) is 16.1. The van der Waals surface area contributed by atoms with Gasteiger partial charge >= 0.3 is 0 Å². The van der Waals surface area contributed by atoms with Crippen LogP contribution in [0.15, 0.2) is 48.7 Å². The number of nitrogens with one attached hydrogen (secondary N) is 1. The molecule has 3 aromatic rings. The van der Waals surface area contributed by atoms with E-state index < -0.39 is 0 Å². The summed E-state index contributed by atoms with van der Waals surface area (Å²) in [6.07, 6.45) is 1.72. The molecule has 3 rings (SSSR count). The zero-order valence-corrected chi connectivity index (χ0v) is 12.9. The van der Waals surface area contributed by atoms with Crippen molar-refractivity contribution in [2.24, 2.45) is 0 Å². The topological polar surface area (TPSA) is 71.1 Å². The first-order chi connectivity index (χ1) is 11.3. The van der Waals surface area contributed by atoms with E-state index in [-0.39, 0.29) is 5.91 Å². The number of nitrogens with zero attached hydrogens (tertiary/aromatic N) is 3. The van der Waals surface area contributed by atoms with Crippen molar-refractivity contribution in [3.63, 3.8) is 0 Å². The summed E-state index contributed by atoms with van der Waals surface area (Å²) >= 11 is 0. The first kappa shape index (κ1) is 15.2. The van der Waals surface area contributed by atoms with Crippen LogP contribution < -0.4 is 0 Å². The molecule has 0 saturated carbocycles. The SMILES string of the molecule is COCCN(Cc1ccccn1)C(=O)c1n[nH]c2ccccc12. The van der Waals surface area contributed by atoms with Gasteiger partial charge in [-0.3, -0.25) is 14.9 Å². The highest BCUT2D eigenvalue weighted by Gasteiger charge is 2.21. The quantitative estimate of drug-likeness (QED) is 0.758. The molecular formula is C17H18N4O2. The van der Waals surface area contributed by atoms with E-state index in [0.29, 0.717) is 25.4 Å². The van der Waals surface area contributed by atoms with Gasteiger partial charge in [0, 0.05) is 25.2 Å². The van der Waals surface area contributed by atoms with Crippen LogP contribution in [0, 0.1) is 0 Å². The Hall–Kier alpha value is -2.73. The number of benzene rings is 1. The molecule has 0 bridgehead atoms. The van der Waals surface area contributed by atoms with Crippen molar-refractivity contribution in [3.05, 3.63) is 60.0 Å². The van der Waals surface area contributed by atoms with Gasteiger partial charge in [0.1, 0.15) is 0 Å². The minimum atomic E-state index is -0.134. The molecule has 0 spiro atoms. The lowest BCUT2D eigenvalue weighted by Crippen LogP contribution is -2.34. The number of aromatic amines is 1. The van der Waals surface area contributed by atoms with E-state index in [4.69, 9.17) is 4.74 Å². The number of aromatic nitrogens is 3. The van der Waals surface area contributed by atoms with Crippen LogP contribution in [0.2, 0.25) is 0 Å². The Labute approximate surface area is 134 Å². The van der Waals surface area contributed by atoms with Crippen molar-refractivity contribution in [2.75, 3.05) is 20.3 Å². The van der Waals surface area contributed by atoms with Gasteiger partial charge in [-0.25, -0.2) is 0 Å². The van der Waals surface area contributed by atoms with E-state index in [0.717, 1.165) is 16.6 Å². The molecule has 0 atom stereocenters. The highest BCUT2D eigenvalue weighted by atomic mass is 16.5. The lowest BCUT2D eigenvalue weighted by molar-refractivity contribution is 0.0674. The number of hydrogen-bond acceptors (Lipinski definition) is 4. The van der Waals surface area contributed by atoms with E-state index in [1.807, 2.05) is 42.5 Å². The minimum Gasteiger partial charge on any atom is -0.383 e. The summed E-state index contributed by atoms with van der Waals surface area (Å²) in [7, 11) is 1.62. The maximum absolute atomic E-state index is 12.9. The molecular weight excluding hydrogens is 292 g/mol. The number of carbonyl (C=O) groups excluding carboxylic acids is 1. The third-order valence-corrected chi connectivity index (χ3v) is 3.60. The van der Waals surface area contributed by atoms with Gasteiger partial charge in [0.2, 0.25) is 0 Å². The fourth-order valence-corrected chi connectivity index (χ4v) is 2.42. The van der Waals surface area contributed by atoms with Gasteiger partial charge in [-0.15, -0.1) is 0 Å². The molecule has 0 aliphatic rings. The Kier molecular flexibility index (Phi) is 4.63. The summed E-state index contributed by atoms with van der Waals surface area (Å²) in [5.74, 6) is -0.134. The zero-order valence-electron chi connectivity index (χ0n) is 12.9. The molecule has 0 fully saturated rings. The Morgan fingerprint density at radius 2 is 2.04 bits per heavy atom. The number of fused-ring (bicyclic) bond motifs is 1. The number of para-hydroxylation sites is 1. The molecule has 0 aliphatic heterocycles. The average molecular weight is 310 g/mol. The second-order valence-electron chi connectivity index (χ2n) is 5.16. The number of carbonyl (C=O) groups is 1. The first-order valence-corrected chi connectivity index (χ1v) is 7.41. The Balaban J connectivity index is 1.87. The minimum absolute atomic E-state index is 0.134. The fraction of sp³-hybridized carbons (Fsp3) is 0.235. The molecule has 2 aromatic heterocycles. The molecule has 6 heteroatoms. The van der Waals surface area contributed by atoms with Gasteiger partial charge in [0.05, 0.1) is 24.4 Å². The van der Waals surface area contributed by atoms with E-state index in [2.05, 4.69) is 15.2 Å². The molecule has 0 aliphatic carbocycles. The first-order valence-electron chi connectivity index (χ1n) is 7.41. The van der Waals surface area contributed by atoms with Crippen molar-refractivity contribution in [1.82, 2.24) is 20.1 Å². The lowest BCUT2D eigenvalue weighted by atomic mass is 10.2. The van der Waals surface area contributed by atoms with Crippen molar-refractivity contribution >= 4 is 16.8 Å². The van der Waals surface area contributed by atoms with Gasteiger partial charge in [0.25, 0.3) is 5.91 Å². The van der Waals surface area contributed by atoms with Gasteiger partial charge in [-0.05, 0) is 18.2 Å². The number of H-pyrrole nitrogens is 1. The van der Waals surface area contributed by atoms with Gasteiger partial charge in [0.15, 0.2) is 5.69 Å². The predicted octanol–water partition coefficient (Wildman–Crippen LogP) is 2.25. The van der Waals surface area contributed by atoms with E-state index in [9.17, 15) is 4.79 Å². The highest BCUT2D eigenvalue weighted by Crippen LogP contribution is 2.17. The van der Waals surface area contributed by atoms with Crippen LogP contribution in [-0.2, 0) is 11.3 Å². The summed E-state index contributed by atoms with van der Waals surface area (Å²) in [6.45, 7) is 1.36. The van der Waals surface area contributed by atoms with Crippen molar-refractivity contribution < 1.29 is 9.53 Å². The standard InChI is InChI=1S/C17H18N4O2/c1-23-11-10-21(12-13-6-4-5-9-18-13)17(22)16-14-7-2-3-8-15(14)19-20-16/h2-9H,10-12H2,1H3,(H,19,20). The maximum atomic E-state index is 12.9. The molecule has 1 amide bonds.